The van der Waals surface area contributed by atoms with Gasteiger partial charge in [-0.25, -0.2) is 4.98 Å². The van der Waals surface area contributed by atoms with E-state index in [0.717, 1.165) is 5.69 Å². The Bertz CT molecular complexity index is 1030. The molecule has 0 unspecified atom stereocenters. The van der Waals surface area contributed by atoms with Crippen LogP contribution in [0, 0.1) is 6.92 Å². The molecular formula is C15H12N6O. The van der Waals surface area contributed by atoms with Crippen LogP contribution in [0.2, 0.25) is 0 Å². The number of hydrogen-bond acceptors (Lipinski definition) is 5. The lowest BCUT2D eigenvalue weighted by Crippen LogP contribution is -2.22. The Balaban J connectivity index is 1.96. The molecule has 0 aromatic carbocycles. The van der Waals surface area contributed by atoms with E-state index in [2.05, 4.69) is 20.1 Å². The Morgan fingerprint density at radius 3 is 2.91 bits per heavy atom. The smallest absolute Gasteiger partial charge is 0.262 e. The minimum atomic E-state index is -0.106. The molecule has 4 aromatic heterocycles. The molecule has 0 aliphatic rings. The minimum Gasteiger partial charge on any atom is -0.309 e. The zero-order chi connectivity index (χ0) is 15.1. The predicted molar refractivity (Wildman–Crippen MR) is 80.6 cm³/mol. The molecule has 0 aliphatic heterocycles. The van der Waals surface area contributed by atoms with Crippen molar-refractivity contribution in [1.82, 2.24) is 29.1 Å². The lowest BCUT2D eigenvalue weighted by Gasteiger charge is -2.08. The van der Waals surface area contributed by atoms with Gasteiger partial charge in [0.25, 0.3) is 11.3 Å². The fraction of sp³-hybridized carbons (Fsp3) is 0.133. The van der Waals surface area contributed by atoms with Crippen molar-refractivity contribution < 1.29 is 0 Å². The molecule has 0 atom stereocenters. The van der Waals surface area contributed by atoms with E-state index in [9.17, 15) is 4.79 Å². The van der Waals surface area contributed by atoms with Crippen LogP contribution in [0.5, 0.6) is 0 Å². The largest absolute Gasteiger partial charge is 0.309 e. The second-order valence-corrected chi connectivity index (χ2v) is 5.00. The van der Waals surface area contributed by atoms with Crippen LogP contribution < -0.4 is 5.56 Å². The van der Waals surface area contributed by atoms with E-state index in [-0.39, 0.29) is 5.56 Å². The molecule has 4 aromatic rings. The first-order valence-electron chi connectivity index (χ1n) is 6.83. The van der Waals surface area contributed by atoms with Crippen molar-refractivity contribution in [1.29, 1.82) is 0 Å². The van der Waals surface area contributed by atoms with Gasteiger partial charge in [-0.3, -0.25) is 9.78 Å². The summed E-state index contributed by atoms with van der Waals surface area (Å²) < 4.78 is 3.21. The lowest BCUT2D eigenvalue weighted by molar-refractivity contribution is 0.744. The first kappa shape index (κ1) is 12.6. The van der Waals surface area contributed by atoms with Crippen LogP contribution in [0.1, 0.15) is 11.4 Å². The summed E-state index contributed by atoms with van der Waals surface area (Å²) in [5.41, 5.74) is 2.08. The SMILES string of the molecule is Cc1nc2ncnn2c2ccn(Cc3ccccn3)c(=O)c12. The molecule has 0 saturated carbocycles. The number of pyridine rings is 2. The quantitative estimate of drug-likeness (QED) is 0.554. The van der Waals surface area contributed by atoms with E-state index in [4.69, 9.17) is 0 Å². The number of aryl methyl sites for hydroxylation is 1. The third kappa shape index (κ3) is 1.86. The number of hydrogen-bond donors (Lipinski definition) is 0. The number of fused-ring (bicyclic) bond motifs is 3. The molecule has 7 heteroatoms. The van der Waals surface area contributed by atoms with Crippen molar-refractivity contribution >= 4 is 16.7 Å². The maximum absolute atomic E-state index is 12.8. The number of aromatic nitrogens is 6. The molecule has 0 amide bonds. The van der Waals surface area contributed by atoms with E-state index in [1.54, 1.807) is 21.5 Å². The van der Waals surface area contributed by atoms with Crippen molar-refractivity contribution in [3.05, 3.63) is 64.7 Å². The van der Waals surface area contributed by atoms with Crippen molar-refractivity contribution in [2.75, 3.05) is 0 Å². The summed E-state index contributed by atoms with van der Waals surface area (Å²) in [6.07, 6.45) is 4.90. The van der Waals surface area contributed by atoms with Crippen molar-refractivity contribution in [2.24, 2.45) is 0 Å². The Hall–Kier alpha value is -3.09. The van der Waals surface area contributed by atoms with Crippen LogP contribution >= 0.6 is 0 Å². The highest BCUT2D eigenvalue weighted by Crippen LogP contribution is 2.13. The first-order valence-corrected chi connectivity index (χ1v) is 6.83. The standard InChI is InChI=1S/C15H12N6O/c1-10-13-12(21-15(19-10)17-9-18-21)5-7-20(14(13)22)8-11-4-2-3-6-16-11/h2-7,9H,8H2,1H3. The molecule has 0 bridgehead atoms. The Labute approximate surface area is 124 Å². The molecule has 0 aliphatic carbocycles. The average molecular weight is 292 g/mol. The fourth-order valence-electron chi connectivity index (χ4n) is 2.56. The van der Waals surface area contributed by atoms with Crippen LogP contribution in [-0.2, 0) is 6.54 Å². The Morgan fingerprint density at radius 2 is 2.09 bits per heavy atom. The van der Waals surface area contributed by atoms with Crippen LogP contribution in [0.4, 0.5) is 0 Å². The highest BCUT2D eigenvalue weighted by Gasteiger charge is 2.12. The van der Waals surface area contributed by atoms with Gasteiger partial charge in [0.05, 0.1) is 28.8 Å². The van der Waals surface area contributed by atoms with E-state index in [1.807, 2.05) is 31.2 Å². The van der Waals surface area contributed by atoms with Gasteiger partial charge in [0.1, 0.15) is 6.33 Å². The monoisotopic (exact) mass is 292 g/mol. The summed E-state index contributed by atoms with van der Waals surface area (Å²) in [6.45, 7) is 2.23. The molecule has 7 nitrogen and oxygen atoms in total. The highest BCUT2D eigenvalue weighted by atomic mass is 16.1. The number of nitrogens with zero attached hydrogens (tertiary/aromatic N) is 6. The normalized spacial score (nSPS) is 11.3. The van der Waals surface area contributed by atoms with Gasteiger partial charge >= 0.3 is 0 Å². The van der Waals surface area contributed by atoms with Crippen LogP contribution in [0.25, 0.3) is 16.7 Å². The molecule has 22 heavy (non-hydrogen) atoms. The van der Waals surface area contributed by atoms with E-state index >= 15 is 0 Å². The summed E-state index contributed by atoms with van der Waals surface area (Å²) in [7, 11) is 0. The van der Waals surface area contributed by atoms with Gasteiger partial charge in [0.2, 0.25) is 0 Å². The molecule has 4 heterocycles. The fourth-order valence-corrected chi connectivity index (χ4v) is 2.56. The maximum Gasteiger partial charge on any atom is 0.262 e. The number of rotatable bonds is 2. The Morgan fingerprint density at radius 1 is 1.18 bits per heavy atom. The van der Waals surface area contributed by atoms with Crippen molar-refractivity contribution in [3.8, 4) is 0 Å². The third-order valence-corrected chi connectivity index (χ3v) is 3.59. The summed E-state index contributed by atoms with van der Waals surface area (Å²) in [4.78, 5) is 25.4. The van der Waals surface area contributed by atoms with Gasteiger partial charge in [-0.1, -0.05) is 6.07 Å². The molecule has 0 saturated heterocycles. The third-order valence-electron chi connectivity index (χ3n) is 3.59. The van der Waals surface area contributed by atoms with E-state index in [1.165, 1.54) is 6.33 Å². The summed E-state index contributed by atoms with van der Waals surface area (Å²) in [6, 6.07) is 7.50. The zero-order valence-corrected chi connectivity index (χ0v) is 11.8. The summed E-state index contributed by atoms with van der Waals surface area (Å²) in [5, 5.41) is 4.68. The van der Waals surface area contributed by atoms with E-state index in [0.29, 0.717) is 28.9 Å². The van der Waals surface area contributed by atoms with Crippen molar-refractivity contribution in [2.45, 2.75) is 13.5 Å². The van der Waals surface area contributed by atoms with Gasteiger partial charge in [-0.15, -0.1) is 0 Å². The van der Waals surface area contributed by atoms with Crippen LogP contribution in [0.15, 0.2) is 47.8 Å². The van der Waals surface area contributed by atoms with Gasteiger partial charge < -0.3 is 4.57 Å². The zero-order valence-electron chi connectivity index (χ0n) is 11.8. The first-order chi connectivity index (χ1) is 10.7. The van der Waals surface area contributed by atoms with Gasteiger partial charge in [0.15, 0.2) is 0 Å². The van der Waals surface area contributed by atoms with Gasteiger partial charge in [0, 0.05) is 12.4 Å². The lowest BCUT2D eigenvalue weighted by atomic mass is 10.2. The summed E-state index contributed by atoms with van der Waals surface area (Å²) >= 11 is 0. The molecule has 108 valence electrons. The molecule has 0 radical (unpaired) electrons. The van der Waals surface area contributed by atoms with Gasteiger partial charge in [-0.05, 0) is 25.1 Å². The summed E-state index contributed by atoms with van der Waals surface area (Å²) in [5.74, 6) is 0.492. The predicted octanol–water partition coefficient (Wildman–Crippen LogP) is 1.19. The molecule has 0 N–H and O–H groups in total. The second kappa shape index (κ2) is 4.73. The maximum atomic E-state index is 12.8. The van der Waals surface area contributed by atoms with Crippen LogP contribution in [0.3, 0.4) is 0 Å². The van der Waals surface area contributed by atoms with Crippen molar-refractivity contribution in [3.63, 3.8) is 0 Å². The van der Waals surface area contributed by atoms with Crippen LogP contribution in [-0.4, -0.2) is 29.1 Å². The topological polar surface area (TPSA) is 78.0 Å². The second-order valence-electron chi connectivity index (χ2n) is 5.00. The molecule has 4 rings (SSSR count). The average Bonchev–Trinajstić information content (AvgIpc) is 2.99. The minimum absolute atomic E-state index is 0.106. The highest BCUT2D eigenvalue weighted by molar-refractivity contribution is 5.81. The molecule has 0 spiro atoms. The molecular weight excluding hydrogens is 280 g/mol. The van der Waals surface area contributed by atoms with E-state index < -0.39 is 0 Å². The Kier molecular flexibility index (Phi) is 2.72. The van der Waals surface area contributed by atoms with Gasteiger partial charge in [-0.2, -0.15) is 14.6 Å². The molecule has 0 fully saturated rings.